The summed E-state index contributed by atoms with van der Waals surface area (Å²) in [5, 5.41) is 0. The lowest BCUT2D eigenvalue weighted by molar-refractivity contribution is -0.0495. The summed E-state index contributed by atoms with van der Waals surface area (Å²) in [7, 11) is 0. The molecule has 0 unspecified atom stereocenters. The van der Waals surface area contributed by atoms with Gasteiger partial charge < -0.3 is 10.5 Å². The van der Waals surface area contributed by atoms with Crippen molar-refractivity contribution in [1.29, 1.82) is 0 Å². The molecule has 0 spiro atoms. The monoisotopic (exact) mass is 251 g/mol. The van der Waals surface area contributed by atoms with Crippen LogP contribution in [0.15, 0.2) is 12.1 Å². The van der Waals surface area contributed by atoms with Gasteiger partial charge in [0, 0.05) is 11.1 Å². The van der Waals surface area contributed by atoms with E-state index in [0.29, 0.717) is 0 Å². The number of Topliss-reactive ketones (excluding diaryl/α,β-unsaturated/α-hetero) is 1. The fraction of sp³-hybridized carbons (Fsp3) is 0.300. The first-order valence-corrected chi connectivity index (χ1v) is 4.50. The predicted molar refractivity (Wildman–Crippen MR) is 52.4 cm³/mol. The Morgan fingerprint density at radius 2 is 1.88 bits per heavy atom. The summed E-state index contributed by atoms with van der Waals surface area (Å²) in [6.07, 6.45) is -2.98. The van der Waals surface area contributed by atoms with Crippen LogP contribution in [0.4, 0.5) is 23.2 Å². The number of alkyl halides is 4. The lowest BCUT2D eigenvalue weighted by Gasteiger charge is -2.13. The Bertz CT molecular complexity index is 435. The summed E-state index contributed by atoms with van der Waals surface area (Å²) in [5.74, 6) is -1.17. The zero-order valence-electron chi connectivity index (χ0n) is 8.72. The molecule has 0 bridgehead atoms. The molecule has 0 atom stereocenters. The highest BCUT2D eigenvalue weighted by Gasteiger charge is 2.20. The van der Waals surface area contributed by atoms with Crippen LogP contribution in [0.25, 0.3) is 0 Å². The minimum absolute atomic E-state index is 0.162. The van der Waals surface area contributed by atoms with Crippen molar-refractivity contribution in [2.75, 3.05) is 5.73 Å². The SMILES string of the molecule is CC(=O)c1cc(OC(F)F)c(N)c(C(F)F)c1. The van der Waals surface area contributed by atoms with Crippen molar-refractivity contribution in [2.24, 2.45) is 0 Å². The van der Waals surface area contributed by atoms with Crippen LogP contribution in [0.1, 0.15) is 29.3 Å². The Balaban J connectivity index is 3.32. The van der Waals surface area contributed by atoms with E-state index >= 15 is 0 Å². The molecule has 0 aliphatic rings. The largest absolute Gasteiger partial charge is 0.433 e. The summed E-state index contributed by atoms with van der Waals surface area (Å²) in [4.78, 5) is 11.0. The normalized spacial score (nSPS) is 11.0. The highest BCUT2D eigenvalue weighted by atomic mass is 19.3. The summed E-state index contributed by atoms with van der Waals surface area (Å²) >= 11 is 0. The topological polar surface area (TPSA) is 52.3 Å². The van der Waals surface area contributed by atoms with Gasteiger partial charge in [-0.3, -0.25) is 4.79 Å². The minimum Gasteiger partial charge on any atom is -0.433 e. The highest BCUT2D eigenvalue weighted by molar-refractivity contribution is 5.95. The molecular formula is C10H9F4NO2. The molecule has 3 nitrogen and oxygen atoms in total. The van der Waals surface area contributed by atoms with E-state index in [1.54, 1.807) is 0 Å². The van der Waals surface area contributed by atoms with E-state index in [1.807, 2.05) is 0 Å². The number of ketones is 1. The van der Waals surface area contributed by atoms with Crippen molar-refractivity contribution in [1.82, 2.24) is 0 Å². The first kappa shape index (κ1) is 13.3. The zero-order valence-corrected chi connectivity index (χ0v) is 8.72. The number of hydrogen-bond donors (Lipinski definition) is 1. The van der Waals surface area contributed by atoms with Crippen LogP contribution in [0.2, 0.25) is 0 Å². The maximum Gasteiger partial charge on any atom is 0.387 e. The van der Waals surface area contributed by atoms with Gasteiger partial charge in [0.05, 0.1) is 5.69 Å². The van der Waals surface area contributed by atoms with Gasteiger partial charge in [-0.15, -0.1) is 0 Å². The average Bonchev–Trinajstić information content (AvgIpc) is 2.19. The van der Waals surface area contributed by atoms with Crippen molar-refractivity contribution < 1.29 is 27.1 Å². The average molecular weight is 251 g/mol. The van der Waals surface area contributed by atoms with E-state index in [-0.39, 0.29) is 5.56 Å². The molecule has 0 aliphatic heterocycles. The molecule has 2 N–H and O–H groups in total. The van der Waals surface area contributed by atoms with Crippen LogP contribution in [0, 0.1) is 0 Å². The molecular weight excluding hydrogens is 242 g/mol. The molecule has 94 valence electrons. The zero-order chi connectivity index (χ0) is 13.2. The number of rotatable bonds is 4. The summed E-state index contributed by atoms with van der Waals surface area (Å²) in [6.45, 7) is -2.09. The number of hydrogen-bond acceptors (Lipinski definition) is 3. The van der Waals surface area contributed by atoms with Crippen molar-refractivity contribution in [2.45, 2.75) is 20.0 Å². The van der Waals surface area contributed by atoms with Gasteiger partial charge in [-0.2, -0.15) is 8.78 Å². The Morgan fingerprint density at radius 1 is 1.29 bits per heavy atom. The Hall–Kier alpha value is -1.79. The van der Waals surface area contributed by atoms with Crippen LogP contribution in [0.5, 0.6) is 5.75 Å². The number of nitrogens with two attached hydrogens (primary N) is 1. The second-order valence-corrected chi connectivity index (χ2v) is 3.21. The molecule has 0 fully saturated rings. The third-order valence-corrected chi connectivity index (χ3v) is 2.03. The maximum absolute atomic E-state index is 12.6. The molecule has 0 radical (unpaired) electrons. The number of ether oxygens (including phenoxy) is 1. The van der Waals surface area contributed by atoms with Gasteiger partial charge in [0.15, 0.2) is 5.78 Å². The van der Waals surface area contributed by atoms with E-state index in [2.05, 4.69) is 4.74 Å². The van der Waals surface area contributed by atoms with Crippen molar-refractivity contribution in [3.63, 3.8) is 0 Å². The molecule has 0 amide bonds. The minimum atomic E-state index is -3.20. The number of carbonyl (C=O) groups excluding carboxylic acids is 1. The quantitative estimate of drug-likeness (QED) is 0.508. The van der Waals surface area contributed by atoms with Gasteiger partial charge in [-0.1, -0.05) is 0 Å². The third-order valence-electron chi connectivity index (χ3n) is 2.03. The van der Waals surface area contributed by atoms with E-state index in [4.69, 9.17) is 5.73 Å². The molecule has 7 heteroatoms. The number of anilines is 1. The van der Waals surface area contributed by atoms with Crippen LogP contribution >= 0.6 is 0 Å². The molecule has 0 saturated heterocycles. The Labute approximate surface area is 94.2 Å². The number of halogens is 4. The first-order valence-electron chi connectivity index (χ1n) is 4.50. The van der Waals surface area contributed by atoms with Crippen LogP contribution < -0.4 is 10.5 Å². The third kappa shape index (κ3) is 3.08. The Kier molecular flexibility index (Phi) is 3.93. The van der Waals surface area contributed by atoms with E-state index in [1.165, 1.54) is 0 Å². The first-order chi connectivity index (χ1) is 7.82. The van der Waals surface area contributed by atoms with Crippen molar-refractivity contribution in [3.8, 4) is 5.75 Å². The molecule has 1 aromatic rings. The van der Waals surface area contributed by atoms with Gasteiger partial charge in [0.1, 0.15) is 5.75 Å². The van der Waals surface area contributed by atoms with Crippen molar-refractivity contribution in [3.05, 3.63) is 23.3 Å². The molecule has 0 aliphatic carbocycles. The van der Waals surface area contributed by atoms with E-state index < -0.39 is 35.8 Å². The lowest BCUT2D eigenvalue weighted by atomic mass is 10.1. The molecule has 0 aromatic heterocycles. The standard InChI is InChI=1S/C10H9F4NO2/c1-4(16)5-2-6(9(11)12)8(15)7(3-5)17-10(13)14/h2-3,9-10H,15H2,1H3. The molecule has 17 heavy (non-hydrogen) atoms. The fourth-order valence-corrected chi connectivity index (χ4v) is 1.23. The van der Waals surface area contributed by atoms with Crippen LogP contribution in [-0.2, 0) is 0 Å². The maximum atomic E-state index is 12.6. The fourth-order valence-electron chi connectivity index (χ4n) is 1.23. The molecule has 0 saturated carbocycles. The number of carbonyl (C=O) groups is 1. The summed E-state index contributed by atoms with van der Waals surface area (Å²) in [5.41, 5.74) is 3.80. The predicted octanol–water partition coefficient (Wildman–Crippen LogP) is 3.01. The smallest absolute Gasteiger partial charge is 0.387 e. The number of nitrogen functional groups attached to an aromatic ring is 1. The van der Waals surface area contributed by atoms with E-state index in [9.17, 15) is 22.4 Å². The van der Waals surface area contributed by atoms with Gasteiger partial charge in [-0.25, -0.2) is 8.78 Å². The molecule has 1 aromatic carbocycles. The second-order valence-electron chi connectivity index (χ2n) is 3.21. The molecule has 1 rings (SSSR count). The summed E-state index contributed by atoms with van der Waals surface area (Å²) in [6, 6.07) is 1.77. The van der Waals surface area contributed by atoms with Gasteiger partial charge in [0.25, 0.3) is 6.43 Å². The van der Waals surface area contributed by atoms with Crippen LogP contribution in [0.3, 0.4) is 0 Å². The van der Waals surface area contributed by atoms with Gasteiger partial charge >= 0.3 is 6.61 Å². The van der Waals surface area contributed by atoms with Gasteiger partial charge in [-0.05, 0) is 19.1 Å². The van der Waals surface area contributed by atoms with Crippen molar-refractivity contribution >= 4 is 11.5 Å². The van der Waals surface area contributed by atoms with E-state index in [0.717, 1.165) is 19.1 Å². The van der Waals surface area contributed by atoms with Crippen LogP contribution in [-0.4, -0.2) is 12.4 Å². The second kappa shape index (κ2) is 5.03. The number of benzene rings is 1. The summed E-state index contributed by atoms with van der Waals surface area (Å²) < 4.78 is 53.1. The lowest BCUT2D eigenvalue weighted by Crippen LogP contribution is -2.08. The highest BCUT2D eigenvalue weighted by Crippen LogP contribution is 2.34. The van der Waals surface area contributed by atoms with Gasteiger partial charge in [0.2, 0.25) is 0 Å². The Morgan fingerprint density at radius 3 is 2.29 bits per heavy atom. The molecule has 0 heterocycles.